The van der Waals surface area contributed by atoms with E-state index in [-0.39, 0.29) is 11.4 Å². The summed E-state index contributed by atoms with van der Waals surface area (Å²) in [6.07, 6.45) is 0. The molecule has 0 saturated carbocycles. The lowest BCUT2D eigenvalue weighted by molar-refractivity contribution is -0.143. The van der Waals surface area contributed by atoms with Crippen molar-refractivity contribution in [3.05, 3.63) is 21.5 Å². The fraction of sp³-hybridized carbons (Fsp3) is 0.429. The Hall–Kier alpha value is -2.06. The monoisotopic (exact) mass is 378 g/mol. The minimum absolute atomic E-state index is 0.319. The summed E-state index contributed by atoms with van der Waals surface area (Å²) in [6, 6.07) is -1.85. The standard InChI is InChI=1S/C14H16Cl2N2O6/c1-5(13(21)23-3)17-9-7(15)12(20)10(8(16)11(9)19)18-6(2)14(22)24-4/h5-6,17-18H,1-4H3/t5-,6-/m1/s1. The van der Waals surface area contributed by atoms with E-state index in [1.54, 1.807) is 0 Å². The number of Topliss-reactive ketones (excluding diaryl/α,β-unsaturated/α-hetero) is 2. The van der Waals surface area contributed by atoms with Crippen molar-refractivity contribution >= 4 is 46.7 Å². The third kappa shape index (κ3) is 4.07. The van der Waals surface area contributed by atoms with Crippen LogP contribution in [-0.4, -0.2) is 49.8 Å². The van der Waals surface area contributed by atoms with Gasteiger partial charge in [-0.1, -0.05) is 23.2 Å². The van der Waals surface area contributed by atoms with Gasteiger partial charge in [0.2, 0.25) is 11.6 Å². The lowest BCUT2D eigenvalue weighted by Gasteiger charge is -2.23. The highest BCUT2D eigenvalue weighted by Gasteiger charge is 2.36. The van der Waals surface area contributed by atoms with Gasteiger partial charge < -0.3 is 20.1 Å². The largest absolute Gasteiger partial charge is 0.467 e. The summed E-state index contributed by atoms with van der Waals surface area (Å²) in [5.74, 6) is -2.90. The number of nitrogens with one attached hydrogen (secondary N) is 2. The van der Waals surface area contributed by atoms with Crippen LogP contribution in [0.1, 0.15) is 13.8 Å². The Kier molecular flexibility index (Phi) is 6.80. The van der Waals surface area contributed by atoms with Gasteiger partial charge in [0.1, 0.15) is 33.5 Å². The molecule has 0 fully saturated rings. The Bertz CT molecular complexity index is 600. The fourth-order valence-electron chi connectivity index (χ4n) is 1.81. The molecule has 0 aliphatic heterocycles. The molecule has 0 unspecified atom stereocenters. The molecule has 2 atom stereocenters. The molecule has 1 aliphatic carbocycles. The van der Waals surface area contributed by atoms with E-state index in [2.05, 4.69) is 20.1 Å². The van der Waals surface area contributed by atoms with Gasteiger partial charge in [-0.05, 0) is 13.8 Å². The first-order valence-electron chi connectivity index (χ1n) is 6.73. The van der Waals surface area contributed by atoms with Gasteiger partial charge in [-0.3, -0.25) is 9.59 Å². The first-order valence-corrected chi connectivity index (χ1v) is 7.48. The zero-order chi connectivity index (χ0) is 18.6. The molecule has 1 rings (SSSR count). The minimum Gasteiger partial charge on any atom is -0.467 e. The third-order valence-electron chi connectivity index (χ3n) is 3.12. The second-order valence-corrected chi connectivity index (χ2v) is 5.57. The average molecular weight is 379 g/mol. The number of ether oxygens (including phenoxy) is 2. The third-order valence-corrected chi connectivity index (χ3v) is 3.84. The van der Waals surface area contributed by atoms with Crippen molar-refractivity contribution in [1.29, 1.82) is 0 Å². The van der Waals surface area contributed by atoms with Gasteiger partial charge in [-0.25, -0.2) is 9.59 Å². The summed E-state index contributed by atoms with van der Waals surface area (Å²) >= 11 is 11.8. The molecule has 0 aromatic heterocycles. The van der Waals surface area contributed by atoms with E-state index in [9.17, 15) is 19.2 Å². The highest BCUT2D eigenvalue weighted by Crippen LogP contribution is 2.27. The highest BCUT2D eigenvalue weighted by molar-refractivity contribution is 6.56. The SMILES string of the molecule is COC(=O)[C@@H](C)NC1=C(Cl)C(=O)C(N[C@H](C)C(=O)OC)=C(Cl)C1=O. The second kappa shape index (κ2) is 8.16. The molecule has 0 amide bonds. The van der Waals surface area contributed by atoms with Crippen LogP contribution in [0.4, 0.5) is 0 Å². The predicted molar refractivity (Wildman–Crippen MR) is 85.0 cm³/mol. The van der Waals surface area contributed by atoms with Crippen molar-refractivity contribution in [2.75, 3.05) is 14.2 Å². The van der Waals surface area contributed by atoms with Crippen molar-refractivity contribution in [2.24, 2.45) is 0 Å². The molecule has 0 radical (unpaired) electrons. The molecule has 10 heteroatoms. The zero-order valence-electron chi connectivity index (χ0n) is 13.4. The van der Waals surface area contributed by atoms with Crippen LogP contribution in [0.5, 0.6) is 0 Å². The van der Waals surface area contributed by atoms with Crippen molar-refractivity contribution in [2.45, 2.75) is 25.9 Å². The number of allylic oxidation sites excluding steroid dienone is 2. The van der Waals surface area contributed by atoms with Crippen molar-refractivity contribution < 1.29 is 28.7 Å². The molecule has 0 heterocycles. The Morgan fingerprint density at radius 2 is 1.12 bits per heavy atom. The van der Waals surface area contributed by atoms with E-state index in [0.29, 0.717) is 0 Å². The highest BCUT2D eigenvalue weighted by atomic mass is 35.5. The molecule has 8 nitrogen and oxygen atoms in total. The number of esters is 2. The number of hydrogen-bond donors (Lipinski definition) is 2. The molecule has 0 saturated heterocycles. The van der Waals surface area contributed by atoms with E-state index < -0.39 is 45.7 Å². The smallest absolute Gasteiger partial charge is 0.327 e. The lowest BCUT2D eigenvalue weighted by atomic mass is 10.0. The van der Waals surface area contributed by atoms with E-state index in [1.165, 1.54) is 28.1 Å². The predicted octanol–water partition coefficient (Wildman–Crippen LogP) is 0.341. The maximum atomic E-state index is 12.3. The summed E-state index contributed by atoms with van der Waals surface area (Å²) < 4.78 is 9.04. The van der Waals surface area contributed by atoms with Gasteiger partial charge in [0.15, 0.2) is 0 Å². The fourth-order valence-corrected chi connectivity index (χ4v) is 2.28. The van der Waals surface area contributed by atoms with Gasteiger partial charge in [-0.15, -0.1) is 0 Å². The molecular weight excluding hydrogens is 363 g/mol. The topological polar surface area (TPSA) is 111 Å². The van der Waals surface area contributed by atoms with Crippen LogP contribution in [0.25, 0.3) is 0 Å². The van der Waals surface area contributed by atoms with E-state index in [1.807, 2.05) is 0 Å². The Labute approximate surface area is 148 Å². The first-order chi connectivity index (χ1) is 11.1. The average Bonchev–Trinajstić information content (AvgIpc) is 2.58. The van der Waals surface area contributed by atoms with Crippen molar-refractivity contribution in [3.8, 4) is 0 Å². The molecule has 132 valence electrons. The molecule has 0 bridgehead atoms. The summed E-state index contributed by atoms with van der Waals surface area (Å²) in [5, 5.41) is 4.09. The van der Waals surface area contributed by atoms with Gasteiger partial charge in [0, 0.05) is 0 Å². The van der Waals surface area contributed by atoms with Crippen molar-refractivity contribution in [3.63, 3.8) is 0 Å². The van der Waals surface area contributed by atoms with Crippen LogP contribution in [0, 0.1) is 0 Å². The molecule has 24 heavy (non-hydrogen) atoms. The molecule has 2 N–H and O–H groups in total. The Morgan fingerprint density at radius 3 is 1.38 bits per heavy atom. The number of halogens is 2. The summed E-state index contributed by atoms with van der Waals surface area (Å²) in [4.78, 5) is 47.5. The molecular formula is C14H16Cl2N2O6. The summed E-state index contributed by atoms with van der Waals surface area (Å²) in [5.41, 5.74) is -0.637. The Balaban J connectivity index is 3.09. The molecule has 0 aromatic rings. The van der Waals surface area contributed by atoms with Crippen LogP contribution in [0.2, 0.25) is 0 Å². The van der Waals surface area contributed by atoms with Crippen LogP contribution in [-0.2, 0) is 28.7 Å². The normalized spacial score (nSPS) is 17.4. The van der Waals surface area contributed by atoms with E-state index in [4.69, 9.17) is 23.2 Å². The lowest BCUT2D eigenvalue weighted by Crippen LogP contribution is -2.43. The number of methoxy groups -OCH3 is 2. The minimum atomic E-state index is -0.927. The van der Waals surface area contributed by atoms with Crippen LogP contribution in [0.15, 0.2) is 21.5 Å². The molecule has 0 spiro atoms. The first kappa shape index (κ1) is 20.0. The number of rotatable bonds is 6. The van der Waals surface area contributed by atoms with Crippen LogP contribution in [0.3, 0.4) is 0 Å². The summed E-state index contributed by atoms with van der Waals surface area (Å²) in [7, 11) is 2.35. The summed E-state index contributed by atoms with van der Waals surface area (Å²) in [6.45, 7) is 2.84. The number of carbonyl (C=O) groups is 4. The quantitative estimate of drug-likeness (QED) is 0.502. The van der Waals surface area contributed by atoms with E-state index >= 15 is 0 Å². The Morgan fingerprint density at radius 1 is 0.833 bits per heavy atom. The van der Waals surface area contributed by atoms with Crippen molar-refractivity contribution in [1.82, 2.24) is 10.6 Å². The van der Waals surface area contributed by atoms with Gasteiger partial charge in [0.25, 0.3) is 0 Å². The number of hydrogen-bond acceptors (Lipinski definition) is 8. The zero-order valence-corrected chi connectivity index (χ0v) is 14.9. The number of carbonyl (C=O) groups excluding carboxylic acids is 4. The maximum absolute atomic E-state index is 12.3. The van der Waals surface area contributed by atoms with Crippen LogP contribution >= 0.6 is 23.2 Å². The van der Waals surface area contributed by atoms with Gasteiger partial charge >= 0.3 is 11.9 Å². The second-order valence-electron chi connectivity index (χ2n) is 4.81. The maximum Gasteiger partial charge on any atom is 0.327 e. The van der Waals surface area contributed by atoms with Crippen LogP contribution < -0.4 is 10.6 Å². The van der Waals surface area contributed by atoms with Gasteiger partial charge in [0.05, 0.1) is 14.2 Å². The van der Waals surface area contributed by atoms with E-state index in [0.717, 1.165) is 0 Å². The number of ketones is 2. The molecule has 1 aliphatic rings. The van der Waals surface area contributed by atoms with Gasteiger partial charge in [-0.2, -0.15) is 0 Å². The molecule has 0 aromatic carbocycles.